The fraction of sp³-hybridized carbons (Fsp3) is 0.526. The average molecular weight is 310 g/mol. The summed E-state index contributed by atoms with van der Waals surface area (Å²) in [7, 11) is 0. The summed E-state index contributed by atoms with van der Waals surface area (Å²) in [5, 5.41) is 11.3. The molecule has 1 saturated heterocycles. The van der Waals surface area contributed by atoms with Crippen molar-refractivity contribution in [1.29, 1.82) is 0 Å². The van der Waals surface area contributed by atoms with E-state index in [1.54, 1.807) is 0 Å². The smallest absolute Gasteiger partial charge is 0.151 e. The molecule has 0 saturated carbocycles. The van der Waals surface area contributed by atoms with Gasteiger partial charge in [0.05, 0.1) is 0 Å². The summed E-state index contributed by atoms with van der Waals surface area (Å²) in [6, 6.07) is 10.8. The second-order valence-electron chi connectivity index (χ2n) is 6.88. The van der Waals surface area contributed by atoms with Crippen LogP contribution in [0.25, 0.3) is 0 Å². The van der Waals surface area contributed by atoms with Gasteiger partial charge in [-0.2, -0.15) is 5.10 Å². The van der Waals surface area contributed by atoms with Gasteiger partial charge in [-0.25, -0.2) is 0 Å². The van der Waals surface area contributed by atoms with Gasteiger partial charge >= 0.3 is 0 Å². The minimum Gasteiger partial charge on any atom is -0.368 e. The number of likely N-dealkylation sites (tertiary alicyclic amines) is 1. The second kappa shape index (κ2) is 6.75. The molecule has 0 atom stereocenters. The number of benzene rings is 1. The summed E-state index contributed by atoms with van der Waals surface area (Å²) >= 11 is 0. The summed E-state index contributed by atoms with van der Waals surface area (Å²) in [6.45, 7) is 4.50. The van der Waals surface area contributed by atoms with Crippen LogP contribution in [-0.4, -0.2) is 34.7 Å². The maximum Gasteiger partial charge on any atom is 0.151 e. The van der Waals surface area contributed by atoms with Gasteiger partial charge in [0, 0.05) is 30.3 Å². The van der Waals surface area contributed by atoms with Crippen LogP contribution < -0.4 is 5.32 Å². The first kappa shape index (κ1) is 14.8. The Hall–Kier alpha value is -1.81. The van der Waals surface area contributed by atoms with E-state index in [4.69, 9.17) is 0 Å². The van der Waals surface area contributed by atoms with Gasteiger partial charge in [0.1, 0.15) is 0 Å². The normalized spacial score (nSPS) is 19.8. The fourth-order valence-corrected chi connectivity index (χ4v) is 3.97. The first-order valence-corrected chi connectivity index (χ1v) is 8.97. The largest absolute Gasteiger partial charge is 0.368 e. The number of aromatic amines is 1. The molecule has 0 spiro atoms. The van der Waals surface area contributed by atoms with Crippen LogP contribution in [0.1, 0.15) is 48.4 Å². The van der Waals surface area contributed by atoms with Crippen molar-refractivity contribution in [1.82, 2.24) is 15.1 Å². The summed E-state index contributed by atoms with van der Waals surface area (Å²) in [4.78, 5) is 2.58. The predicted octanol–water partition coefficient (Wildman–Crippen LogP) is 3.54. The predicted molar refractivity (Wildman–Crippen MR) is 93.7 cm³/mol. The molecule has 23 heavy (non-hydrogen) atoms. The lowest BCUT2D eigenvalue weighted by atomic mass is 9.90. The number of nitrogens with zero attached hydrogens (tertiary/aromatic N) is 2. The highest BCUT2D eigenvalue weighted by Gasteiger charge is 2.26. The Morgan fingerprint density at radius 3 is 2.74 bits per heavy atom. The Balaban J connectivity index is 1.39. The summed E-state index contributed by atoms with van der Waals surface area (Å²) in [6.07, 6.45) is 6.19. The van der Waals surface area contributed by atoms with Gasteiger partial charge in [-0.05, 0) is 50.8 Å². The average Bonchev–Trinajstić information content (AvgIpc) is 2.85. The molecule has 1 fully saturated rings. The van der Waals surface area contributed by atoms with Crippen LogP contribution in [0.4, 0.5) is 5.82 Å². The molecule has 4 nitrogen and oxygen atoms in total. The number of aromatic nitrogens is 2. The van der Waals surface area contributed by atoms with Gasteiger partial charge in [0.25, 0.3) is 0 Å². The zero-order valence-electron chi connectivity index (χ0n) is 13.7. The van der Waals surface area contributed by atoms with Gasteiger partial charge in [0.15, 0.2) is 5.82 Å². The van der Waals surface area contributed by atoms with E-state index in [0.717, 1.165) is 18.9 Å². The molecule has 2 aromatic rings. The van der Waals surface area contributed by atoms with Crippen LogP contribution in [0.2, 0.25) is 0 Å². The monoisotopic (exact) mass is 310 g/mol. The van der Waals surface area contributed by atoms with Crippen molar-refractivity contribution in [2.24, 2.45) is 0 Å². The SMILES string of the molecule is c1ccc(CN2CCC(c3[nH]nc4c3CCCCN4)CC2)cc1. The minimum atomic E-state index is 0.651. The molecular weight excluding hydrogens is 284 g/mol. The number of piperidine rings is 1. The molecule has 0 unspecified atom stereocenters. The second-order valence-corrected chi connectivity index (χ2v) is 6.88. The molecule has 1 aromatic heterocycles. The third-order valence-corrected chi connectivity index (χ3v) is 5.29. The minimum absolute atomic E-state index is 0.651. The quantitative estimate of drug-likeness (QED) is 0.911. The van der Waals surface area contributed by atoms with Gasteiger partial charge in [-0.15, -0.1) is 0 Å². The van der Waals surface area contributed by atoms with Crippen molar-refractivity contribution in [2.75, 3.05) is 25.0 Å². The van der Waals surface area contributed by atoms with Crippen molar-refractivity contribution < 1.29 is 0 Å². The van der Waals surface area contributed by atoms with E-state index < -0.39 is 0 Å². The maximum absolute atomic E-state index is 4.53. The number of fused-ring (bicyclic) bond motifs is 1. The molecule has 2 aliphatic heterocycles. The van der Waals surface area contributed by atoms with E-state index in [2.05, 4.69) is 50.7 Å². The Labute approximate surface area is 138 Å². The van der Waals surface area contributed by atoms with E-state index in [0.29, 0.717) is 5.92 Å². The third-order valence-electron chi connectivity index (χ3n) is 5.29. The maximum atomic E-state index is 4.53. The molecule has 0 aliphatic carbocycles. The molecule has 0 radical (unpaired) electrons. The molecule has 4 heteroatoms. The third kappa shape index (κ3) is 3.27. The van der Waals surface area contributed by atoms with Crippen LogP contribution in [0, 0.1) is 0 Å². The van der Waals surface area contributed by atoms with Gasteiger partial charge in [-0.3, -0.25) is 10.00 Å². The molecule has 0 amide bonds. The Bertz CT molecular complexity index is 626. The standard InChI is InChI=1S/C19H26N4/c1-2-6-15(7-3-1)14-23-12-9-16(10-13-23)18-17-8-4-5-11-20-19(17)22-21-18/h1-3,6-7,16H,4-5,8-14H2,(H2,20,21,22). The zero-order chi connectivity index (χ0) is 15.5. The fourth-order valence-electron chi connectivity index (χ4n) is 3.97. The highest BCUT2D eigenvalue weighted by Crippen LogP contribution is 2.33. The number of nitrogens with one attached hydrogen (secondary N) is 2. The first-order valence-electron chi connectivity index (χ1n) is 8.97. The Morgan fingerprint density at radius 2 is 1.91 bits per heavy atom. The molecule has 2 aliphatic rings. The zero-order valence-corrected chi connectivity index (χ0v) is 13.7. The molecule has 4 rings (SSSR count). The highest BCUT2D eigenvalue weighted by atomic mass is 15.2. The van der Waals surface area contributed by atoms with Crippen LogP contribution in [-0.2, 0) is 13.0 Å². The van der Waals surface area contributed by atoms with E-state index >= 15 is 0 Å². The van der Waals surface area contributed by atoms with E-state index in [1.165, 1.54) is 62.0 Å². The summed E-state index contributed by atoms with van der Waals surface area (Å²) in [5.41, 5.74) is 4.29. The molecular formula is C19H26N4. The highest BCUT2D eigenvalue weighted by molar-refractivity contribution is 5.48. The molecule has 2 N–H and O–H groups in total. The molecule has 0 bridgehead atoms. The van der Waals surface area contributed by atoms with Gasteiger partial charge < -0.3 is 5.32 Å². The molecule has 122 valence electrons. The van der Waals surface area contributed by atoms with Crippen molar-refractivity contribution in [2.45, 2.75) is 44.6 Å². The topological polar surface area (TPSA) is 44.0 Å². The number of anilines is 1. The van der Waals surface area contributed by atoms with E-state index in [1.807, 2.05) is 0 Å². The lowest BCUT2D eigenvalue weighted by Gasteiger charge is -2.32. The van der Waals surface area contributed by atoms with Crippen molar-refractivity contribution >= 4 is 5.82 Å². The van der Waals surface area contributed by atoms with Crippen molar-refractivity contribution in [3.05, 3.63) is 47.2 Å². The lowest BCUT2D eigenvalue weighted by molar-refractivity contribution is 0.203. The van der Waals surface area contributed by atoms with Crippen molar-refractivity contribution in [3.63, 3.8) is 0 Å². The van der Waals surface area contributed by atoms with Crippen LogP contribution in [0.15, 0.2) is 30.3 Å². The lowest BCUT2D eigenvalue weighted by Crippen LogP contribution is -2.32. The summed E-state index contributed by atoms with van der Waals surface area (Å²) < 4.78 is 0. The van der Waals surface area contributed by atoms with Crippen LogP contribution >= 0.6 is 0 Å². The van der Waals surface area contributed by atoms with Gasteiger partial charge in [-0.1, -0.05) is 30.3 Å². The Morgan fingerprint density at radius 1 is 1.09 bits per heavy atom. The number of hydrogen-bond acceptors (Lipinski definition) is 3. The number of H-pyrrole nitrogens is 1. The summed E-state index contributed by atoms with van der Waals surface area (Å²) in [5.74, 6) is 1.77. The van der Waals surface area contributed by atoms with E-state index in [-0.39, 0.29) is 0 Å². The van der Waals surface area contributed by atoms with Crippen molar-refractivity contribution in [3.8, 4) is 0 Å². The van der Waals surface area contributed by atoms with Gasteiger partial charge in [0.2, 0.25) is 0 Å². The molecule has 1 aromatic carbocycles. The van der Waals surface area contributed by atoms with E-state index in [9.17, 15) is 0 Å². The first-order chi connectivity index (χ1) is 11.4. The number of hydrogen-bond donors (Lipinski definition) is 2. The molecule has 3 heterocycles. The number of rotatable bonds is 3. The van der Waals surface area contributed by atoms with Crippen LogP contribution in [0.3, 0.4) is 0 Å². The van der Waals surface area contributed by atoms with Crippen LogP contribution in [0.5, 0.6) is 0 Å². The Kier molecular flexibility index (Phi) is 4.33.